The molecule has 1 saturated heterocycles. The van der Waals surface area contributed by atoms with Gasteiger partial charge in [-0.05, 0) is 85.3 Å². The lowest BCUT2D eigenvalue weighted by Gasteiger charge is -2.25. The molecular formula is C35H44F3N7O7. The fourth-order valence-electron chi connectivity index (χ4n) is 5.00. The van der Waals surface area contributed by atoms with Crippen molar-refractivity contribution in [3.63, 3.8) is 0 Å². The van der Waals surface area contributed by atoms with Gasteiger partial charge in [-0.1, -0.05) is 12.0 Å². The molecule has 2 atom stereocenters. The summed E-state index contributed by atoms with van der Waals surface area (Å²) in [5.41, 5.74) is -0.900. The molecule has 0 aromatic carbocycles. The first-order valence-electron chi connectivity index (χ1n) is 16.6. The summed E-state index contributed by atoms with van der Waals surface area (Å²) < 4.78 is 64.3. The second kappa shape index (κ2) is 16.2. The van der Waals surface area contributed by atoms with E-state index in [1.165, 1.54) is 17.9 Å². The number of aromatic nitrogens is 4. The average molecular weight is 732 g/mol. The number of aryl methyl sites for hydroxylation is 1. The van der Waals surface area contributed by atoms with Crippen LogP contribution in [0.3, 0.4) is 0 Å². The Hall–Kier alpha value is -4.95. The molecule has 17 heteroatoms. The van der Waals surface area contributed by atoms with E-state index in [9.17, 15) is 27.6 Å². The van der Waals surface area contributed by atoms with E-state index in [2.05, 4.69) is 32.1 Å². The second-order valence-electron chi connectivity index (χ2n) is 14.1. The normalized spacial score (nSPS) is 15.6. The third-order valence-corrected chi connectivity index (χ3v) is 7.30. The summed E-state index contributed by atoms with van der Waals surface area (Å²) in [4.78, 5) is 52.1. The fourth-order valence-corrected chi connectivity index (χ4v) is 5.00. The fraction of sp³-hybridized carbons (Fsp3) is 0.543. The summed E-state index contributed by atoms with van der Waals surface area (Å²) in [5, 5.41) is 4.63. The summed E-state index contributed by atoms with van der Waals surface area (Å²) >= 11 is 0. The molecular weight excluding hydrogens is 687 g/mol. The Morgan fingerprint density at radius 3 is 2.40 bits per heavy atom. The minimum absolute atomic E-state index is 0.107. The number of alkyl halides is 3. The van der Waals surface area contributed by atoms with Gasteiger partial charge in [0.15, 0.2) is 17.9 Å². The number of fused-ring (bicyclic) bond motifs is 1. The van der Waals surface area contributed by atoms with Crippen LogP contribution >= 0.6 is 0 Å². The van der Waals surface area contributed by atoms with Crippen molar-refractivity contribution >= 4 is 40.8 Å². The second-order valence-corrected chi connectivity index (χ2v) is 14.1. The first kappa shape index (κ1) is 39.8. The van der Waals surface area contributed by atoms with Gasteiger partial charge in [0, 0.05) is 20.7 Å². The van der Waals surface area contributed by atoms with Crippen LogP contribution in [0, 0.1) is 11.8 Å². The number of ether oxygens (including phenoxy) is 4. The van der Waals surface area contributed by atoms with Crippen LogP contribution < -0.4 is 15.5 Å². The molecule has 4 heterocycles. The Kier molecular flexibility index (Phi) is 12.4. The lowest BCUT2D eigenvalue weighted by molar-refractivity contribution is -0.167. The molecule has 14 nitrogen and oxygen atoms in total. The van der Waals surface area contributed by atoms with Gasteiger partial charge in [-0.15, -0.1) is 0 Å². The monoisotopic (exact) mass is 731 g/mol. The molecule has 1 aliphatic rings. The van der Waals surface area contributed by atoms with Crippen molar-refractivity contribution in [1.29, 1.82) is 0 Å². The largest absolute Gasteiger partial charge is 0.471 e. The number of hydrogen-bond donors (Lipinski definition) is 2. The standard InChI is InChI=1S/C35H44F3N7O7/c1-33(2,3)51-31(47)41-24(17-19-50-25-14-9-10-18-49-25)23-13-11-12-21(40-23)15-16-22-27-26(39-20-44(27)7)29(45(8)32(48)52-34(4,5)6)42-28(22)43-30(46)35(36,37)38/h11-13,20,24-25H,9-10,14,17-19H2,1-8H3,(H,41,47)(H,42,43,46)/t24-,25?/m0/s1. The number of pyridine rings is 2. The SMILES string of the molecule is CN(C(=O)OC(C)(C)C)c1nc(NC(=O)C(F)(F)F)c(C#Cc2cccc([C@H](CCOC3CCCCO3)NC(=O)OC(C)(C)C)n2)c2c1ncn2C. The van der Waals surface area contributed by atoms with E-state index in [1.54, 1.807) is 72.1 Å². The molecule has 1 unspecified atom stereocenters. The maximum Gasteiger partial charge on any atom is 0.471 e. The van der Waals surface area contributed by atoms with Crippen LogP contribution in [0.5, 0.6) is 0 Å². The van der Waals surface area contributed by atoms with Gasteiger partial charge in [0.05, 0.1) is 35.8 Å². The molecule has 0 saturated carbocycles. The molecule has 0 aliphatic carbocycles. The van der Waals surface area contributed by atoms with Crippen molar-refractivity contribution in [2.24, 2.45) is 7.05 Å². The predicted octanol–water partition coefficient (Wildman–Crippen LogP) is 6.13. The summed E-state index contributed by atoms with van der Waals surface area (Å²) in [6.45, 7) is 11.0. The van der Waals surface area contributed by atoms with Crippen molar-refractivity contribution in [1.82, 2.24) is 24.8 Å². The Bertz CT molecular complexity index is 1830. The number of imidazole rings is 1. The highest BCUT2D eigenvalue weighted by Gasteiger charge is 2.40. The molecule has 0 radical (unpaired) electrons. The van der Waals surface area contributed by atoms with E-state index in [1.807, 2.05) is 0 Å². The lowest BCUT2D eigenvalue weighted by Crippen LogP contribution is -2.36. The number of carbonyl (C=O) groups is 3. The molecule has 3 amide bonds. The average Bonchev–Trinajstić information content (AvgIpc) is 3.42. The number of carbonyl (C=O) groups excluding carboxylic acids is 3. The number of rotatable bonds is 8. The van der Waals surface area contributed by atoms with Gasteiger partial charge in [0.2, 0.25) is 0 Å². The number of alkyl carbamates (subject to hydrolysis) is 1. The molecule has 1 fully saturated rings. The maximum atomic E-state index is 13.5. The third kappa shape index (κ3) is 11.0. The smallest absolute Gasteiger partial charge is 0.444 e. The number of nitrogens with one attached hydrogen (secondary N) is 2. The Morgan fingerprint density at radius 2 is 1.77 bits per heavy atom. The van der Waals surface area contributed by atoms with Crippen molar-refractivity contribution in [2.45, 2.75) is 96.9 Å². The molecule has 282 valence electrons. The number of nitrogens with zero attached hydrogens (tertiary/aromatic N) is 5. The molecule has 0 spiro atoms. The number of hydrogen-bond acceptors (Lipinski definition) is 10. The summed E-state index contributed by atoms with van der Waals surface area (Å²) in [7, 11) is 2.88. The van der Waals surface area contributed by atoms with Crippen LogP contribution in [-0.2, 0) is 30.8 Å². The number of amides is 3. The zero-order chi connectivity index (χ0) is 38.4. The molecule has 4 rings (SSSR count). The Balaban J connectivity index is 1.74. The van der Waals surface area contributed by atoms with Crippen LogP contribution in [0.15, 0.2) is 24.5 Å². The highest BCUT2D eigenvalue weighted by atomic mass is 19.4. The summed E-state index contributed by atoms with van der Waals surface area (Å²) in [5.74, 6) is 2.61. The van der Waals surface area contributed by atoms with E-state index in [0.717, 1.165) is 24.2 Å². The highest BCUT2D eigenvalue weighted by molar-refractivity contribution is 6.03. The van der Waals surface area contributed by atoms with Crippen molar-refractivity contribution in [3.05, 3.63) is 41.5 Å². The topological polar surface area (TPSA) is 159 Å². The van der Waals surface area contributed by atoms with Crippen LogP contribution in [0.1, 0.15) is 90.2 Å². The Labute approximate surface area is 299 Å². The van der Waals surface area contributed by atoms with Crippen LogP contribution in [0.4, 0.5) is 34.4 Å². The summed E-state index contributed by atoms with van der Waals surface area (Å²) in [6, 6.07) is 4.24. The van der Waals surface area contributed by atoms with Gasteiger partial charge in [-0.3, -0.25) is 9.69 Å². The van der Waals surface area contributed by atoms with Crippen LogP contribution in [-0.4, -0.2) is 81.5 Å². The first-order chi connectivity index (χ1) is 24.2. The van der Waals surface area contributed by atoms with E-state index in [0.29, 0.717) is 18.7 Å². The van der Waals surface area contributed by atoms with Gasteiger partial charge >= 0.3 is 24.3 Å². The third-order valence-electron chi connectivity index (χ3n) is 7.30. The highest BCUT2D eigenvalue weighted by Crippen LogP contribution is 2.32. The van der Waals surface area contributed by atoms with Gasteiger partial charge < -0.3 is 34.1 Å². The zero-order valence-corrected chi connectivity index (χ0v) is 30.4. The van der Waals surface area contributed by atoms with Gasteiger partial charge in [-0.25, -0.2) is 24.5 Å². The molecule has 0 bridgehead atoms. The van der Waals surface area contributed by atoms with Crippen molar-refractivity contribution in [3.8, 4) is 11.8 Å². The molecule has 52 heavy (non-hydrogen) atoms. The zero-order valence-electron chi connectivity index (χ0n) is 30.4. The van der Waals surface area contributed by atoms with Gasteiger partial charge in [-0.2, -0.15) is 13.2 Å². The van der Waals surface area contributed by atoms with Crippen molar-refractivity contribution < 1.29 is 46.5 Å². The molecule has 2 N–H and O–H groups in total. The Morgan fingerprint density at radius 1 is 1.06 bits per heavy atom. The molecule has 3 aromatic rings. The predicted molar refractivity (Wildman–Crippen MR) is 184 cm³/mol. The maximum absolute atomic E-state index is 13.5. The van der Waals surface area contributed by atoms with Crippen LogP contribution in [0.2, 0.25) is 0 Å². The van der Waals surface area contributed by atoms with Crippen molar-refractivity contribution in [2.75, 3.05) is 30.5 Å². The van der Waals surface area contributed by atoms with E-state index in [4.69, 9.17) is 18.9 Å². The number of anilines is 2. The van der Waals surface area contributed by atoms with Crippen LogP contribution in [0.25, 0.3) is 11.0 Å². The van der Waals surface area contributed by atoms with E-state index < -0.39 is 47.3 Å². The van der Waals surface area contributed by atoms with Gasteiger partial charge in [0.1, 0.15) is 22.4 Å². The first-order valence-corrected chi connectivity index (χ1v) is 16.6. The quantitative estimate of drug-likeness (QED) is 0.258. The van der Waals surface area contributed by atoms with E-state index >= 15 is 0 Å². The van der Waals surface area contributed by atoms with Gasteiger partial charge in [0.25, 0.3) is 0 Å². The molecule has 1 aliphatic heterocycles. The summed E-state index contributed by atoms with van der Waals surface area (Å²) in [6.07, 6.45) is -2.75. The number of halogens is 3. The molecule has 3 aromatic heterocycles. The minimum Gasteiger partial charge on any atom is -0.444 e. The minimum atomic E-state index is -5.26. The van der Waals surface area contributed by atoms with E-state index in [-0.39, 0.29) is 41.0 Å². The lowest BCUT2D eigenvalue weighted by atomic mass is 10.1.